The molecule has 0 aliphatic rings. The highest BCUT2D eigenvalue weighted by Gasteiger charge is 2.03. The van der Waals surface area contributed by atoms with Crippen molar-refractivity contribution in [2.75, 3.05) is 38.3 Å². The third kappa shape index (κ3) is 6.48. The Hall–Kier alpha value is -1.91. The highest BCUT2D eigenvalue weighted by Crippen LogP contribution is 2.25. The van der Waals surface area contributed by atoms with E-state index in [9.17, 15) is 0 Å². The molecule has 0 saturated carbocycles. The van der Waals surface area contributed by atoms with Crippen LogP contribution in [0.3, 0.4) is 0 Å². The van der Waals surface area contributed by atoms with Crippen LogP contribution in [0.25, 0.3) is 0 Å². The quantitative estimate of drug-likeness (QED) is 0.612. The van der Waals surface area contributed by atoms with Crippen LogP contribution in [0.2, 0.25) is 5.02 Å². The fourth-order valence-electron chi connectivity index (χ4n) is 2.41. The Morgan fingerprint density at radius 2 is 1.64 bits per heavy atom. The Kier molecular flexibility index (Phi) is 7.89. The van der Waals surface area contributed by atoms with Crippen molar-refractivity contribution < 1.29 is 14.2 Å². The van der Waals surface area contributed by atoms with Crippen molar-refractivity contribution in [3.8, 4) is 11.5 Å². The summed E-state index contributed by atoms with van der Waals surface area (Å²) in [5.74, 6) is 1.67. The van der Waals surface area contributed by atoms with Crippen molar-refractivity contribution in [2.45, 2.75) is 20.8 Å². The number of halogens is 1. The summed E-state index contributed by atoms with van der Waals surface area (Å²) in [6.07, 6.45) is 0. The molecular weight excluding hydrogens is 338 g/mol. The predicted molar refractivity (Wildman–Crippen MR) is 103 cm³/mol. The maximum absolute atomic E-state index is 6.17. The molecule has 0 saturated heterocycles. The summed E-state index contributed by atoms with van der Waals surface area (Å²) < 4.78 is 16.7. The molecule has 0 aromatic heterocycles. The lowest BCUT2D eigenvalue weighted by Crippen LogP contribution is -2.12. The van der Waals surface area contributed by atoms with Crippen molar-refractivity contribution in [3.05, 3.63) is 52.5 Å². The van der Waals surface area contributed by atoms with Crippen molar-refractivity contribution >= 4 is 17.3 Å². The van der Waals surface area contributed by atoms with E-state index in [0.29, 0.717) is 33.0 Å². The minimum absolute atomic E-state index is 0.551. The number of anilines is 1. The van der Waals surface area contributed by atoms with Gasteiger partial charge in [0, 0.05) is 29.9 Å². The monoisotopic (exact) mass is 363 g/mol. The van der Waals surface area contributed by atoms with Crippen LogP contribution in [0.15, 0.2) is 36.4 Å². The SMILES string of the molecule is CCOCCOc1cccc(NCCOc2cc(C)c(Cl)c(C)c2)c1. The van der Waals surface area contributed by atoms with Crippen LogP contribution in [0.1, 0.15) is 18.1 Å². The van der Waals surface area contributed by atoms with Gasteiger partial charge >= 0.3 is 0 Å². The standard InChI is InChI=1S/C20H26ClNO3/c1-4-23-10-11-25-18-7-5-6-17(14-18)22-8-9-24-19-12-15(2)20(21)16(3)13-19/h5-7,12-14,22H,4,8-11H2,1-3H3. The number of hydrogen-bond acceptors (Lipinski definition) is 4. The van der Waals surface area contributed by atoms with Gasteiger partial charge in [-0.15, -0.1) is 0 Å². The zero-order valence-corrected chi connectivity index (χ0v) is 15.9. The van der Waals surface area contributed by atoms with Gasteiger partial charge in [0.2, 0.25) is 0 Å². The summed E-state index contributed by atoms with van der Waals surface area (Å²) in [5.41, 5.74) is 3.06. The minimum Gasteiger partial charge on any atom is -0.492 e. The van der Waals surface area contributed by atoms with Gasteiger partial charge in [-0.3, -0.25) is 0 Å². The number of ether oxygens (including phenoxy) is 3. The summed E-state index contributed by atoms with van der Waals surface area (Å²) in [6, 6.07) is 11.8. The molecule has 0 atom stereocenters. The summed E-state index contributed by atoms with van der Waals surface area (Å²) in [7, 11) is 0. The van der Waals surface area contributed by atoms with Crippen molar-refractivity contribution in [2.24, 2.45) is 0 Å². The molecular formula is C20H26ClNO3. The topological polar surface area (TPSA) is 39.7 Å². The van der Waals surface area contributed by atoms with E-state index in [1.807, 2.05) is 57.2 Å². The van der Waals surface area contributed by atoms with E-state index in [1.54, 1.807) is 0 Å². The number of rotatable bonds is 10. The third-order valence-corrected chi connectivity index (χ3v) is 4.24. The Bertz CT molecular complexity index is 653. The molecule has 0 unspecified atom stereocenters. The second-order valence-electron chi connectivity index (χ2n) is 5.72. The molecule has 0 heterocycles. The average molecular weight is 364 g/mol. The molecule has 4 nitrogen and oxygen atoms in total. The van der Waals surface area contributed by atoms with Gasteiger partial charge < -0.3 is 19.5 Å². The largest absolute Gasteiger partial charge is 0.492 e. The van der Waals surface area contributed by atoms with E-state index in [-0.39, 0.29) is 0 Å². The fraction of sp³-hybridized carbons (Fsp3) is 0.400. The maximum Gasteiger partial charge on any atom is 0.121 e. The first kappa shape index (κ1) is 19.4. The van der Waals surface area contributed by atoms with E-state index < -0.39 is 0 Å². The van der Waals surface area contributed by atoms with Gasteiger partial charge in [0.1, 0.15) is 24.7 Å². The van der Waals surface area contributed by atoms with Crippen molar-refractivity contribution in [1.82, 2.24) is 0 Å². The van der Waals surface area contributed by atoms with Gasteiger partial charge in [-0.1, -0.05) is 17.7 Å². The molecule has 0 aliphatic heterocycles. The van der Waals surface area contributed by atoms with Gasteiger partial charge in [0.05, 0.1) is 6.61 Å². The second-order valence-corrected chi connectivity index (χ2v) is 6.10. The van der Waals surface area contributed by atoms with Gasteiger partial charge in [-0.05, 0) is 56.2 Å². The zero-order chi connectivity index (χ0) is 18.1. The van der Waals surface area contributed by atoms with E-state index in [0.717, 1.165) is 33.3 Å². The van der Waals surface area contributed by atoms with Crippen LogP contribution in [0.4, 0.5) is 5.69 Å². The zero-order valence-electron chi connectivity index (χ0n) is 15.1. The van der Waals surface area contributed by atoms with E-state index >= 15 is 0 Å². The fourth-order valence-corrected chi connectivity index (χ4v) is 2.52. The Balaban J connectivity index is 1.76. The molecule has 0 bridgehead atoms. The molecule has 0 spiro atoms. The second kappa shape index (κ2) is 10.2. The molecule has 25 heavy (non-hydrogen) atoms. The van der Waals surface area contributed by atoms with Crippen LogP contribution in [-0.4, -0.2) is 33.0 Å². The van der Waals surface area contributed by atoms with Gasteiger partial charge in [0.15, 0.2) is 0 Å². The third-order valence-electron chi connectivity index (χ3n) is 3.64. The first-order valence-electron chi connectivity index (χ1n) is 8.54. The summed E-state index contributed by atoms with van der Waals surface area (Å²) in [6.45, 7) is 9.06. The molecule has 0 amide bonds. The van der Waals surface area contributed by atoms with Gasteiger partial charge in [0.25, 0.3) is 0 Å². The van der Waals surface area contributed by atoms with Crippen LogP contribution in [0.5, 0.6) is 11.5 Å². The highest BCUT2D eigenvalue weighted by atomic mass is 35.5. The van der Waals surface area contributed by atoms with Crippen LogP contribution < -0.4 is 14.8 Å². The number of hydrogen-bond donors (Lipinski definition) is 1. The Morgan fingerprint density at radius 3 is 2.36 bits per heavy atom. The summed E-state index contributed by atoms with van der Waals surface area (Å²) in [4.78, 5) is 0. The first-order valence-corrected chi connectivity index (χ1v) is 8.92. The molecule has 0 aliphatic carbocycles. The van der Waals surface area contributed by atoms with Crippen LogP contribution in [0, 0.1) is 13.8 Å². The van der Waals surface area contributed by atoms with Gasteiger partial charge in [-0.25, -0.2) is 0 Å². The number of benzene rings is 2. The molecule has 5 heteroatoms. The summed E-state index contributed by atoms with van der Waals surface area (Å²) in [5, 5.41) is 4.13. The Labute approximate surface area is 155 Å². The predicted octanol–water partition coefficient (Wildman–Crippen LogP) is 4.86. The normalized spacial score (nSPS) is 10.6. The first-order chi connectivity index (χ1) is 12.1. The van der Waals surface area contributed by atoms with E-state index in [4.69, 9.17) is 25.8 Å². The number of aryl methyl sites for hydroxylation is 2. The lowest BCUT2D eigenvalue weighted by Gasteiger charge is -2.12. The molecule has 136 valence electrons. The smallest absolute Gasteiger partial charge is 0.121 e. The lowest BCUT2D eigenvalue weighted by atomic mass is 10.1. The molecule has 0 fully saturated rings. The van der Waals surface area contributed by atoms with Crippen molar-refractivity contribution in [3.63, 3.8) is 0 Å². The van der Waals surface area contributed by atoms with E-state index in [1.165, 1.54) is 0 Å². The van der Waals surface area contributed by atoms with Crippen LogP contribution in [-0.2, 0) is 4.74 Å². The molecule has 2 aromatic carbocycles. The van der Waals surface area contributed by atoms with Crippen molar-refractivity contribution in [1.29, 1.82) is 0 Å². The molecule has 0 radical (unpaired) electrons. The van der Waals surface area contributed by atoms with Gasteiger partial charge in [-0.2, -0.15) is 0 Å². The molecule has 2 aromatic rings. The molecule has 2 rings (SSSR count). The summed E-state index contributed by atoms with van der Waals surface area (Å²) >= 11 is 6.17. The highest BCUT2D eigenvalue weighted by molar-refractivity contribution is 6.32. The average Bonchev–Trinajstić information content (AvgIpc) is 2.61. The number of nitrogens with one attached hydrogen (secondary N) is 1. The minimum atomic E-state index is 0.551. The molecule has 1 N–H and O–H groups in total. The Morgan fingerprint density at radius 1 is 0.920 bits per heavy atom. The van der Waals surface area contributed by atoms with E-state index in [2.05, 4.69) is 5.32 Å². The lowest BCUT2D eigenvalue weighted by molar-refractivity contribution is 0.110. The van der Waals surface area contributed by atoms with Crippen LogP contribution >= 0.6 is 11.6 Å². The maximum atomic E-state index is 6.17.